The zero-order valence-corrected chi connectivity index (χ0v) is 15.6. The van der Waals surface area contributed by atoms with Crippen LogP contribution in [0, 0.1) is 0 Å². The van der Waals surface area contributed by atoms with Gasteiger partial charge in [-0.2, -0.15) is 5.10 Å². The van der Waals surface area contributed by atoms with E-state index in [2.05, 4.69) is 27.3 Å². The van der Waals surface area contributed by atoms with Crippen LogP contribution in [0.3, 0.4) is 0 Å². The molecule has 0 fully saturated rings. The Morgan fingerprint density at radius 2 is 1.76 bits per heavy atom. The van der Waals surface area contributed by atoms with Crippen LogP contribution in [0.2, 0.25) is 0 Å². The summed E-state index contributed by atoms with van der Waals surface area (Å²) < 4.78 is 5.80. The van der Waals surface area contributed by atoms with E-state index in [1.807, 2.05) is 48.5 Å². The first-order valence-corrected chi connectivity index (χ1v) is 9.23. The Morgan fingerprint density at radius 3 is 2.45 bits per heavy atom. The van der Waals surface area contributed by atoms with Gasteiger partial charge in [0.1, 0.15) is 18.4 Å². The highest BCUT2D eigenvalue weighted by atomic mass is 16.3. The highest BCUT2D eigenvalue weighted by Crippen LogP contribution is 2.31. The highest BCUT2D eigenvalue weighted by molar-refractivity contribution is 6.11. The first kappa shape index (κ1) is 18.4. The standard InChI is InChI=1S/C23H19N3O3/c27-19(13-20(28)23-24-15-25-26-23)18-14-29-21(12-11-16-7-3-1-4-8-16)22(18)17-9-5-2-6-10-17/h1-10,13-15,28H,11-12H2,(H,24,25,26). The normalized spacial score (nSPS) is 11.5. The van der Waals surface area contributed by atoms with Gasteiger partial charge in [-0.3, -0.25) is 9.89 Å². The average Bonchev–Trinajstić information content (AvgIpc) is 3.44. The molecule has 144 valence electrons. The molecule has 6 heteroatoms. The predicted molar refractivity (Wildman–Crippen MR) is 109 cm³/mol. The summed E-state index contributed by atoms with van der Waals surface area (Å²) in [6, 6.07) is 19.7. The van der Waals surface area contributed by atoms with Gasteiger partial charge in [0.05, 0.1) is 5.56 Å². The number of hydrogen-bond donors (Lipinski definition) is 2. The summed E-state index contributed by atoms with van der Waals surface area (Å²) in [5.74, 6) is 0.116. The summed E-state index contributed by atoms with van der Waals surface area (Å²) >= 11 is 0. The number of aromatic amines is 1. The van der Waals surface area contributed by atoms with Crippen LogP contribution < -0.4 is 0 Å². The lowest BCUT2D eigenvalue weighted by Crippen LogP contribution is -2.00. The molecule has 2 heterocycles. The van der Waals surface area contributed by atoms with Crippen LogP contribution in [0.4, 0.5) is 0 Å². The molecule has 0 radical (unpaired) electrons. The molecule has 0 bridgehead atoms. The summed E-state index contributed by atoms with van der Waals surface area (Å²) in [5, 5.41) is 16.4. The molecule has 4 rings (SSSR count). The average molecular weight is 385 g/mol. The van der Waals surface area contributed by atoms with Gasteiger partial charge in [0, 0.05) is 18.1 Å². The lowest BCUT2D eigenvalue weighted by Gasteiger charge is -2.06. The number of aryl methyl sites for hydroxylation is 2. The van der Waals surface area contributed by atoms with Crippen molar-refractivity contribution in [3.05, 3.63) is 102 Å². The minimum atomic E-state index is -0.374. The van der Waals surface area contributed by atoms with Crippen LogP contribution in [-0.2, 0) is 12.8 Å². The molecule has 0 aliphatic rings. The van der Waals surface area contributed by atoms with E-state index in [4.69, 9.17) is 4.42 Å². The second kappa shape index (κ2) is 8.39. The fourth-order valence-corrected chi connectivity index (χ4v) is 3.19. The summed E-state index contributed by atoms with van der Waals surface area (Å²) in [5.41, 5.74) is 3.21. The van der Waals surface area contributed by atoms with Crippen molar-refractivity contribution < 1.29 is 14.3 Å². The number of benzene rings is 2. The Labute approximate surface area is 167 Å². The van der Waals surface area contributed by atoms with E-state index < -0.39 is 0 Å². The van der Waals surface area contributed by atoms with Crippen molar-refractivity contribution in [2.24, 2.45) is 0 Å². The maximum Gasteiger partial charge on any atom is 0.215 e. The molecular formula is C23H19N3O3. The number of nitrogens with zero attached hydrogens (tertiary/aromatic N) is 2. The van der Waals surface area contributed by atoms with E-state index in [0.717, 1.165) is 29.4 Å². The molecular weight excluding hydrogens is 366 g/mol. The van der Waals surface area contributed by atoms with E-state index >= 15 is 0 Å². The molecule has 0 unspecified atom stereocenters. The number of ketones is 1. The Hall–Kier alpha value is -3.93. The molecule has 6 nitrogen and oxygen atoms in total. The molecule has 0 spiro atoms. The number of rotatable bonds is 7. The van der Waals surface area contributed by atoms with E-state index in [0.29, 0.717) is 12.0 Å². The third-order valence-electron chi connectivity index (χ3n) is 4.59. The summed E-state index contributed by atoms with van der Waals surface area (Å²) in [6.45, 7) is 0. The number of carbonyl (C=O) groups is 1. The van der Waals surface area contributed by atoms with Gasteiger partial charge in [0.25, 0.3) is 0 Å². The van der Waals surface area contributed by atoms with Gasteiger partial charge in [0.15, 0.2) is 11.5 Å². The maximum atomic E-state index is 12.9. The molecule has 2 N–H and O–H groups in total. The molecule has 0 atom stereocenters. The zero-order chi connectivity index (χ0) is 20.1. The number of carbonyl (C=O) groups excluding carboxylic acids is 1. The molecule has 2 aromatic heterocycles. The smallest absolute Gasteiger partial charge is 0.215 e. The monoisotopic (exact) mass is 385 g/mol. The first-order valence-electron chi connectivity index (χ1n) is 9.23. The fourth-order valence-electron chi connectivity index (χ4n) is 3.19. The van der Waals surface area contributed by atoms with Crippen molar-refractivity contribution in [3.8, 4) is 11.1 Å². The number of aliphatic hydroxyl groups is 1. The number of furan rings is 1. The quantitative estimate of drug-likeness (QED) is 0.275. The molecule has 29 heavy (non-hydrogen) atoms. The van der Waals surface area contributed by atoms with E-state index in [1.54, 1.807) is 0 Å². The van der Waals surface area contributed by atoms with Crippen LogP contribution >= 0.6 is 0 Å². The Morgan fingerprint density at radius 1 is 1.03 bits per heavy atom. The Balaban J connectivity index is 1.67. The van der Waals surface area contributed by atoms with Gasteiger partial charge in [0.2, 0.25) is 5.82 Å². The summed E-state index contributed by atoms with van der Waals surface area (Å²) in [6.07, 6.45) is 5.34. The Kier molecular flexibility index (Phi) is 5.33. The summed E-state index contributed by atoms with van der Waals surface area (Å²) in [4.78, 5) is 16.7. The van der Waals surface area contributed by atoms with Crippen LogP contribution in [0.25, 0.3) is 16.9 Å². The fraction of sp³-hybridized carbons (Fsp3) is 0.0870. The van der Waals surface area contributed by atoms with E-state index in [-0.39, 0.29) is 17.4 Å². The van der Waals surface area contributed by atoms with Gasteiger partial charge in [-0.1, -0.05) is 60.7 Å². The maximum absolute atomic E-state index is 12.9. The topological polar surface area (TPSA) is 92.0 Å². The van der Waals surface area contributed by atoms with Gasteiger partial charge in [-0.05, 0) is 17.5 Å². The van der Waals surface area contributed by atoms with Crippen molar-refractivity contribution in [3.63, 3.8) is 0 Å². The zero-order valence-electron chi connectivity index (χ0n) is 15.6. The largest absolute Gasteiger partial charge is 0.504 e. The lowest BCUT2D eigenvalue weighted by atomic mass is 9.96. The van der Waals surface area contributed by atoms with E-state index in [9.17, 15) is 9.90 Å². The first-order chi connectivity index (χ1) is 14.2. The van der Waals surface area contributed by atoms with Gasteiger partial charge < -0.3 is 9.52 Å². The third kappa shape index (κ3) is 4.16. The minimum Gasteiger partial charge on any atom is -0.504 e. The molecule has 0 saturated heterocycles. The second-order valence-corrected chi connectivity index (χ2v) is 6.52. The van der Waals surface area contributed by atoms with Crippen LogP contribution in [0.1, 0.15) is 27.5 Å². The number of aromatic nitrogens is 3. The van der Waals surface area contributed by atoms with Crippen LogP contribution in [-0.4, -0.2) is 26.1 Å². The molecule has 4 aromatic rings. The number of hydrogen-bond acceptors (Lipinski definition) is 5. The van der Waals surface area contributed by atoms with Crippen molar-refractivity contribution in [2.75, 3.05) is 0 Å². The number of nitrogens with one attached hydrogen (secondary N) is 1. The van der Waals surface area contributed by atoms with Crippen molar-refractivity contribution >= 4 is 11.5 Å². The van der Waals surface area contributed by atoms with Gasteiger partial charge in [-0.15, -0.1) is 0 Å². The Bertz CT molecular complexity index is 1110. The van der Waals surface area contributed by atoms with Gasteiger partial charge in [-0.25, -0.2) is 4.98 Å². The molecule has 0 aliphatic carbocycles. The molecule has 0 aliphatic heterocycles. The highest BCUT2D eigenvalue weighted by Gasteiger charge is 2.21. The number of allylic oxidation sites excluding steroid dienone is 1. The van der Waals surface area contributed by atoms with Crippen molar-refractivity contribution in [1.82, 2.24) is 15.2 Å². The minimum absolute atomic E-state index is 0.0624. The lowest BCUT2D eigenvalue weighted by molar-refractivity contribution is 0.104. The number of H-pyrrole nitrogens is 1. The van der Waals surface area contributed by atoms with Crippen molar-refractivity contribution in [2.45, 2.75) is 12.8 Å². The summed E-state index contributed by atoms with van der Waals surface area (Å²) in [7, 11) is 0. The third-order valence-corrected chi connectivity index (χ3v) is 4.59. The predicted octanol–water partition coefficient (Wildman–Crippen LogP) is 4.63. The molecule has 0 amide bonds. The van der Waals surface area contributed by atoms with E-state index in [1.165, 1.54) is 18.2 Å². The second-order valence-electron chi connectivity index (χ2n) is 6.52. The molecule has 2 aromatic carbocycles. The van der Waals surface area contributed by atoms with Crippen LogP contribution in [0.15, 0.2) is 83.7 Å². The number of aliphatic hydroxyl groups excluding tert-OH is 1. The SMILES string of the molecule is O=C(C=C(O)c1nc[nH]n1)c1coc(CCc2ccccc2)c1-c1ccccc1. The molecule has 0 saturated carbocycles. The van der Waals surface area contributed by atoms with Crippen molar-refractivity contribution in [1.29, 1.82) is 0 Å². The van der Waals surface area contributed by atoms with Gasteiger partial charge >= 0.3 is 0 Å². The van der Waals surface area contributed by atoms with Crippen LogP contribution in [0.5, 0.6) is 0 Å².